The highest BCUT2D eigenvalue weighted by atomic mass is 16.5. The molecule has 0 saturated carbocycles. The van der Waals surface area contributed by atoms with Crippen LogP contribution in [0.1, 0.15) is 41.4 Å². The van der Waals surface area contributed by atoms with E-state index in [1.54, 1.807) is 0 Å². The van der Waals surface area contributed by atoms with Gasteiger partial charge in [0.1, 0.15) is 12.4 Å². The summed E-state index contributed by atoms with van der Waals surface area (Å²) in [6, 6.07) is 8.18. The molecule has 0 aliphatic carbocycles. The van der Waals surface area contributed by atoms with Crippen molar-refractivity contribution in [2.24, 2.45) is 13.0 Å². The average Bonchev–Trinajstić information content (AvgIpc) is 3.18. The van der Waals surface area contributed by atoms with Crippen LogP contribution in [0.2, 0.25) is 0 Å². The number of para-hydroxylation sites is 1. The first-order valence-electron chi connectivity index (χ1n) is 9.07. The van der Waals surface area contributed by atoms with Gasteiger partial charge in [-0.05, 0) is 44.7 Å². The molecule has 2 atom stereocenters. The quantitative estimate of drug-likeness (QED) is 0.845. The Hall–Kier alpha value is -2.30. The van der Waals surface area contributed by atoms with Crippen LogP contribution < -0.4 is 4.74 Å². The summed E-state index contributed by atoms with van der Waals surface area (Å²) in [4.78, 5) is 15.3. The maximum atomic E-state index is 13.2. The third-order valence-corrected chi connectivity index (χ3v) is 5.66. The molecule has 2 aliphatic rings. The lowest BCUT2D eigenvalue weighted by Gasteiger charge is -2.31. The third kappa shape index (κ3) is 2.71. The molecule has 2 aliphatic heterocycles. The Morgan fingerprint density at radius 2 is 2.08 bits per heavy atom. The number of aryl methyl sites for hydroxylation is 2. The standard InChI is InChI=1S/C20H25N3O2/c1-13-19(14(2)22(3)21-13)17-8-6-10-23(17)20(24)16-11-15-7-4-5-9-18(15)25-12-16/h4-5,7,9,16-17H,6,8,10-12H2,1-3H3/t16-,17+/m0/s1. The van der Waals surface area contributed by atoms with Gasteiger partial charge in [0.05, 0.1) is 17.7 Å². The minimum Gasteiger partial charge on any atom is -0.492 e. The molecule has 1 fully saturated rings. The molecule has 0 N–H and O–H groups in total. The maximum absolute atomic E-state index is 13.2. The molecule has 0 radical (unpaired) electrons. The van der Waals surface area contributed by atoms with E-state index >= 15 is 0 Å². The number of hydrogen-bond acceptors (Lipinski definition) is 3. The first-order chi connectivity index (χ1) is 12.1. The largest absolute Gasteiger partial charge is 0.492 e. The Labute approximate surface area is 148 Å². The molecule has 5 nitrogen and oxygen atoms in total. The van der Waals surface area contributed by atoms with Gasteiger partial charge in [-0.2, -0.15) is 5.10 Å². The number of ether oxygens (including phenoxy) is 1. The molecule has 132 valence electrons. The number of fused-ring (bicyclic) bond motifs is 1. The van der Waals surface area contributed by atoms with Crippen molar-refractivity contribution in [3.8, 4) is 5.75 Å². The summed E-state index contributed by atoms with van der Waals surface area (Å²) < 4.78 is 7.77. The SMILES string of the molecule is Cc1nn(C)c(C)c1[C@H]1CCCN1C(=O)[C@@H]1COc2ccccc2C1. The van der Waals surface area contributed by atoms with E-state index in [-0.39, 0.29) is 17.9 Å². The van der Waals surface area contributed by atoms with Crippen LogP contribution in [-0.2, 0) is 18.3 Å². The summed E-state index contributed by atoms with van der Waals surface area (Å²) in [6.45, 7) is 5.44. The fraction of sp³-hybridized carbons (Fsp3) is 0.500. The van der Waals surface area contributed by atoms with Crippen molar-refractivity contribution in [1.29, 1.82) is 0 Å². The molecule has 0 spiro atoms. The van der Waals surface area contributed by atoms with E-state index in [4.69, 9.17) is 4.74 Å². The van der Waals surface area contributed by atoms with Crippen molar-refractivity contribution in [3.05, 3.63) is 46.8 Å². The van der Waals surface area contributed by atoms with Gasteiger partial charge in [-0.25, -0.2) is 0 Å². The van der Waals surface area contributed by atoms with E-state index in [0.29, 0.717) is 6.61 Å². The monoisotopic (exact) mass is 339 g/mol. The summed E-state index contributed by atoms with van der Waals surface area (Å²) in [5, 5.41) is 4.55. The third-order valence-electron chi connectivity index (χ3n) is 5.66. The number of amides is 1. The van der Waals surface area contributed by atoms with Crippen LogP contribution >= 0.6 is 0 Å². The lowest BCUT2D eigenvalue weighted by atomic mass is 9.94. The molecule has 1 amide bonds. The van der Waals surface area contributed by atoms with E-state index in [0.717, 1.165) is 48.5 Å². The Morgan fingerprint density at radius 3 is 2.84 bits per heavy atom. The first-order valence-corrected chi connectivity index (χ1v) is 9.07. The Balaban J connectivity index is 1.58. The molecular formula is C20H25N3O2. The fourth-order valence-electron chi connectivity index (χ4n) is 4.32. The average molecular weight is 339 g/mol. The Bertz CT molecular complexity index is 811. The molecule has 1 aromatic carbocycles. The summed E-state index contributed by atoms with van der Waals surface area (Å²) in [7, 11) is 1.97. The highest BCUT2D eigenvalue weighted by Gasteiger charge is 2.37. The number of carbonyl (C=O) groups excluding carboxylic acids is 1. The van der Waals surface area contributed by atoms with Crippen LogP contribution in [0.3, 0.4) is 0 Å². The highest BCUT2D eigenvalue weighted by Crippen LogP contribution is 2.37. The molecule has 0 bridgehead atoms. The highest BCUT2D eigenvalue weighted by molar-refractivity contribution is 5.80. The van der Waals surface area contributed by atoms with Crippen molar-refractivity contribution in [2.75, 3.05) is 13.2 Å². The molecule has 25 heavy (non-hydrogen) atoms. The Morgan fingerprint density at radius 1 is 1.28 bits per heavy atom. The molecule has 4 rings (SSSR count). The second kappa shape index (κ2) is 6.21. The van der Waals surface area contributed by atoms with Crippen molar-refractivity contribution in [3.63, 3.8) is 0 Å². The number of carbonyl (C=O) groups is 1. The van der Waals surface area contributed by atoms with Crippen LogP contribution in [0, 0.1) is 19.8 Å². The minimum atomic E-state index is -0.0900. The van der Waals surface area contributed by atoms with Crippen molar-refractivity contribution < 1.29 is 9.53 Å². The molecule has 0 unspecified atom stereocenters. The predicted octanol–water partition coefficient (Wildman–Crippen LogP) is 2.95. The van der Waals surface area contributed by atoms with Gasteiger partial charge in [-0.15, -0.1) is 0 Å². The second-order valence-electron chi connectivity index (χ2n) is 7.22. The van der Waals surface area contributed by atoms with Gasteiger partial charge < -0.3 is 9.64 Å². The van der Waals surface area contributed by atoms with Crippen LogP contribution in [-0.4, -0.2) is 33.7 Å². The van der Waals surface area contributed by atoms with Gasteiger partial charge in [-0.1, -0.05) is 18.2 Å². The lowest BCUT2D eigenvalue weighted by Crippen LogP contribution is -2.40. The topological polar surface area (TPSA) is 47.4 Å². The molecule has 1 saturated heterocycles. The Kier molecular flexibility index (Phi) is 4.02. The van der Waals surface area contributed by atoms with Gasteiger partial charge in [0.15, 0.2) is 0 Å². The van der Waals surface area contributed by atoms with Gasteiger partial charge in [-0.3, -0.25) is 9.48 Å². The minimum absolute atomic E-state index is 0.0900. The lowest BCUT2D eigenvalue weighted by molar-refractivity contribution is -0.137. The number of likely N-dealkylation sites (tertiary alicyclic amines) is 1. The van der Waals surface area contributed by atoms with Gasteiger partial charge >= 0.3 is 0 Å². The van der Waals surface area contributed by atoms with Crippen molar-refractivity contribution >= 4 is 5.91 Å². The number of nitrogens with zero attached hydrogens (tertiary/aromatic N) is 3. The van der Waals surface area contributed by atoms with Crippen LogP contribution in [0.15, 0.2) is 24.3 Å². The van der Waals surface area contributed by atoms with E-state index < -0.39 is 0 Å². The smallest absolute Gasteiger partial charge is 0.229 e. The molecule has 1 aromatic heterocycles. The van der Waals surface area contributed by atoms with E-state index in [2.05, 4.69) is 23.0 Å². The number of aromatic nitrogens is 2. The second-order valence-corrected chi connectivity index (χ2v) is 7.22. The summed E-state index contributed by atoms with van der Waals surface area (Å²) >= 11 is 0. The molecule has 5 heteroatoms. The van der Waals surface area contributed by atoms with Crippen molar-refractivity contribution in [1.82, 2.24) is 14.7 Å². The normalized spacial score (nSPS) is 22.6. The van der Waals surface area contributed by atoms with Gasteiger partial charge in [0.25, 0.3) is 0 Å². The van der Waals surface area contributed by atoms with Gasteiger partial charge in [0.2, 0.25) is 5.91 Å². The van der Waals surface area contributed by atoms with Crippen LogP contribution in [0.4, 0.5) is 0 Å². The van der Waals surface area contributed by atoms with Crippen LogP contribution in [0.5, 0.6) is 5.75 Å². The van der Waals surface area contributed by atoms with E-state index in [1.807, 2.05) is 36.9 Å². The summed E-state index contributed by atoms with van der Waals surface area (Å²) in [5.74, 6) is 1.05. The zero-order valence-electron chi connectivity index (χ0n) is 15.2. The zero-order valence-corrected chi connectivity index (χ0v) is 15.2. The number of rotatable bonds is 2. The molecular weight excluding hydrogens is 314 g/mol. The first kappa shape index (κ1) is 16.2. The summed E-state index contributed by atoms with van der Waals surface area (Å²) in [5.41, 5.74) is 4.56. The van der Waals surface area contributed by atoms with Crippen molar-refractivity contribution in [2.45, 2.75) is 39.2 Å². The number of benzene rings is 1. The molecule has 3 heterocycles. The fourth-order valence-corrected chi connectivity index (χ4v) is 4.32. The number of hydrogen-bond donors (Lipinski definition) is 0. The van der Waals surface area contributed by atoms with Gasteiger partial charge in [0, 0.05) is 24.8 Å². The maximum Gasteiger partial charge on any atom is 0.229 e. The zero-order chi connectivity index (χ0) is 17.6. The molecule has 2 aromatic rings. The predicted molar refractivity (Wildman–Crippen MR) is 95.5 cm³/mol. The van der Waals surface area contributed by atoms with E-state index in [9.17, 15) is 4.79 Å². The summed E-state index contributed by atoms with van der Waals surface area (Å²) in [6.07, 6.45) is 2.83. The van der Waals surface area contributed by atoms with E-state index in [1.165, 1.54) is 5.56 Å². The van der Waals surface area contributed by atoms with Crippen LogP contribution in [0.25, 0.3) is 0 Å².